The Morgan fingerprint density at radius 2 is 2.11 bits per heavy atom. The lowest BCUT2D eigenvalue weighted by molar-refractivity contribution is -0.384. The summed E-state index contributed by atoms with van der Waals surface area (Å²) in [5, 5.41) is 10.6. The highest BCUT2D eigenvalue weighted by Crippen LogP contribution is 2.18. The normalized spacial score (nSPS) is 10.8. The fourth-order valence-electron chi connectivity index (χ4n) is 1.57. The molecule has 5 heteroatoms. The van der Waals surface area contributed by atoms with Gasteiger partial charge < -0.3 is 0 Å². The maximum atomic E-state index is 11.9. The molecule has 0 saturated heterocycles. The van der Waals surface area contributed by atoms with Crippen LogP contribution in [0.5, 0.6) is 0 Å². The second kappa shape index (κ2) is 5.58. The van der Waals surface area contributed by atoms with Gasteiger partial charge in [-0.15, -0.1) is 11.3 Å². The number of nitrogens with zero attached hydrogens (tertiary/aromatic N) is 1. The zero-order valence-corrected chi connectivity index (χ0v) is 11.0. The van der Waals surface area contributed by atoms with Crippen LogP contribution in [0.25, 0.3) is 6.08 Å². The summed E-state index contributed by atoms with van der Waals surface area (Å²) in [5.41, 5.74) is 0.241. The second-order valence-electron chi connectivity index (χ2n) is 3.95. The van der Waals surface area contributed by atoms with Crippen LogP contribution in [0.4, 0.5) is 5.69 Å². The van der Waals surface area contributed by atoms with E-state index < -0.39 is 4.92 Å². The molecule has 0 unspecified atom stereocenters. The molecule has 2 rings (SSSR count). The van der Waals surface area contributed by atoms with Gasteiger partial charge in [0.1, 0.15) is 0 Å². The van der Waals surface area contributed by atoms with Crippen molar-refractivity contribution in [3.8, 4) is 0 Å². The molecule has 0 radical (unpaired) electrons. The molecule has 1 aromatic heterocycles. The van der Waals surface area contributed by atoms with Crippen molar-refractivity contribution in [3.63, 3.8) is 0 Å². The third-order valence-corrected chi connectivity index (χ3v) is 3.47. The fraction of sp³-hybridized carbons (Fsp3) is 0.0714. The minimum atomic E-state index is -0.511. The average molecular weight is 273 g/mol. The number of carbonyl (C=O) groups excluding carboxylic acids is 1. The highest BCUT2D eigenvalue weighted by Gasteiger charge is 2.09. The van der Waals surface area contributed by atoms with Crippen LogP contribution in [0.3, 0.4) is 0 Å². The molecule has 0 N–H and O–H groups in total. The zero-order valence-electron chi connectivity index (χ0n) is 10.2. The standard InChI is InChI=1S/C14H11NO3S/c1-10-5-6-13(19-10)7-8-14(16)11-3-2-4-12(9-11)15(17)18/h2-9H,1H3. The van der Waals surface area contributed by atoms with Crippen LogP contribution in [0, 0.1) is 17.0 Å². The van der Waals surface area contributed by atoms with Crippen LogP contribution in [-0.2, 0) is 0 Å². The van der Waals surface area contributed by atoms with E-state index in [0.717, 1.165) is 4.88 Å². The van der Waals surface area contributed by atoms with E-state index in [1.54, 1.807) is 23.5 Å². The number of rotatable bonds is 4. The summed E-state index contributed by atoms with van der Waals surface area (Å²) in [6.45, 7) is 1.99. The molecule has 0 bridgehead atoms. The van der Waals surface area contributed by atoms with Gasteiger partial charge in [0.2, 0.25) is 0 Å². The van der Waals surface area contributed by atoms with Gasteiger partial charge in [0, 0.05) is 27.5 Å². The van der Waals surface area contributed by atoms with Gasteiger partial charge in [-0.3, -0.25) is 14.9 Å². The molecule has 0 fully saturated rings. The Labute approximate surface area is 114 Å². The summed E-state index contributed by atoms with van der Waals surface area (Å²) in [5.74, 6) is -0.241. The van der Waals surface area contributed by atoms with Crippen molar-refractivity contribution in [1.82, 2.24) is 0 Å². The monoisotopic (exact) mass is 273 g/mol. The number of hydrogen-bond acceptors (Lipinski definition) is 4. The van der Waals surface area contributed by atoms with Crippen molar-refractivity contribution >= 4 is 28.9 Å². The van der Waals surface area contributed by atoms with Gasteiger partial charge >= 0.3 is 0 Å². The SMILES string of the molecule is Cc1ccc(C=CC(=O)c2cccc([N+](=O)[O-])c2)s1. The quantitative estimate of drug-likeness (QED) is 0.368. The van der Waals surface area contributed by atoms with Crippen molar-refractivity contribution in [2.45, 2.75) is 6.92 Å². The molecular formula is C14H11NO3S. The zero-order chi connectivity index (χ0) is 13.8. The average Bonchev–Trinajstić information content (AvgIpc) is 2.82. The summed E-state index contributed by atoms with van der Waals surface area (Å²) in [7, 11) is 0. The first-order valence-electron chi connectivity index (χ1n) is 5.59. The summed E-state index contributed by atoms with van der Waals surface area (Å²) in [6.07, 6.45) is 3.16. The van der Waals surface area contributed by atoms with Crippen LogP contribution in [0.15, 0.2) is 42.5 Å². The second-order valence-corrected chi connectivity index (χ2v) is 5.27. The van der Waals surface area contributed by atoms with Gasteiger partial charge in [0.15, 0.2) is 5.78 Å². The number of carbonyl (C=O) groups is 1. The first-order chi connectivity index (χ1) is 9.06. The number of thiophene rings is 1. The number of nitro benzene ring substituents is 1. The van der Waals surface area contributed by atoms with E-state index in [1.165, 1.54) is 29.2 Å². The Hall–Kier alpha value is -2.27. The van der Waals surface area contributed by atoms with Crippen LogP contribution in [0.2, 0.25) is 0 Å². The van der Waals surface area contributed by atoms with Gasteiger partial charge in [-0.1, -0.05) is 12.1 Å². The largest absolute Gasteiger partial charge is 0.289 e. The Kier molecular flexibility index (Phi) is 3.87. The first-order valence-corrected chi connectivity index (χ1v) is 6.41. The highest BCUT2D eigenvalue weighted by molar-refractivity contribution is 7.12. The van der Waals surface area contributed by atoms with Gasteiger partial charge in [-0.25, -0.2) is 0 Å². The Bertz CT molecular complexity index is 658. The lowest BCUT2D eigenvalue weighted by Crippen LogP contribution is -1.96. The fourth-order valence-corrected chi connectivity index (χ4v) is 2.35. The van der Waals surface area contributed by atoms with E-state index in [9.17, 15) is 14.9 Å². The smallest absolute Gasteiger partial charge is 0.270 e. The number of nitro groups is 1. The third kappa shape index (κ3) is 3.35. The van der Waals surface area contributed by atoms with E-state index in [2.05, 4.69) is 0 Å². The van der Waals surface area contributed by atoms with Gasteiger partial charge in [-0.05, 0) is 31.2 Å². The van der Waals surface area contributed by atoms with Crippen LogP contribution in [0.1, 0.15) is 20.1 Å². The molecule has 4 nitrogen and oxygen atoms in total. The van der Waals surface area contributed by atoms with E-state index in [4.69, 9.17) is 0 Å². The molecule has 0 aliphatic heterocycles. The number of hydrogen-bond donors (Lipinski definition) is 0. The van der Waals surface area contributed by atoms with E-state index in [-0.39, 0.29) is 11.5 Å². The predicted molar refractivity (Wildman–Crippen MR) is 75.5 cm³/mol. The maximum absolute atomic E-state index is 11.9. The van der Waals surface area contributed by atoms with Crippen molar-refractivity contribution in [3.05, 3.63) is 67.9 Å². The Balaban J connectivity index is 2.18. The van der Waals surface area contributed by atoms with Crippen molar-refractivity contribution in [2.75, 3.05) is 0 Å². The Morgan fingerprint density at radius 1 is 1.32 bits per heavy atom. The number of allylic oxidation sites excluding steroid dienone is 1. The molecule has 0 spiro atoms. The lowest BCUT2D eigenvalue weighted by Gasteiger charge is -1.95. The molecule has 0 saturated carbocycles. The minimum Gasteiger partial charge on any atom is -0.289 e. The van der Waals surface area contributed by atoms with E-state index in [0.29, 0.717) is 5.56 Å². The summed E-state index contributed by atoms with van der Waals surface area (Å²) in [4.78, 5) is 24.2. The Morgan fingerprint density at radius 3 is 2.74 bits per heavy atom. The van der Waals surface area contributed by atoms with Crippen LogP contribution < -0.4 is 0 Å². The van der Waals surface area contributed by atoms with Crippen LogP contribution in [-0.4, -0.2) is 10.7 Å². The molecular weight excluding hydrogens is 262 g/mol. The molecule has 0 amide bonds. The minimum absolute atomic E-state index is 0.0776. The highest BCUT2D eigenvalue weighted by atomic mass is 32.1. The molecule has 0 aliphatic rings. The van der Waals surface area contributed by atoms with Gasteiger partial charge in [0.25, 0.3) is 5.69 Å². The molecule has 2 aromatic rings. The van der Waals surface area contributed by atoms with Crippen molar-refractivity contribution in [1.29, 1.82) is 0 Å². The van der Waals surface area contributed by atoms with Gasteiger partial charge in [0.05, 0.1) is 4.92 Å². The lowest BCUT2D eigenvalue weighted by atomic mass is 10.1. The number of benzene rings is 1. The van der Waals surface area contributed by atoms with E-state index in [1.807, 2.05) is 19.1 Å². The first kappa shape index (κ1) is 13.2. The van der Waals surface area contributed by atoms with Gasteiger partial charge in [-0.2, -0.15) is 0 Å². The molecule has 0 aliphatic carbocycles. The topological polar surface area (TPSA) is 60.2 Å². The number of ketones is 1. The summed E-state index contributed by atoms with van der Waals surface area (Å²) < 4.78 is 0. The molecule has 1 heterocycles. The molecule has 96 valence electrons. The van der Waals surface area contributed by atoms with Crippen molar-refractivity contribution < 1.29 is 9.72 Å². The van der Waals surface area contributed by atoms with Crippen molar-refractivity contribution in [2.24, 2.45) is 0 Å². The summed E-state index contributed by atoms with van der Waals surface area (Å²) >= 11 is 1.59. The molecule has 19 heavy (non-hydrogen) atoms. The van der Waals surface area contributed by atoms with Crippen LogP contribution >= 0.6 is 11.3 Å². The molecule has 1 aromatic carbocycles. The summed E-state index contributed by atoms with van der Waals surface area (Å²) in [6, 6.07) is 9.63. The molecule has 0 atom stereocenters. The maximum Gasteiger partial charge on any atom is 0.270 e. The number of non-ortho nitro benzene ring substituents is 1. The van der Waals surface area contributed by atoms with E-state index >= 15 is 0 Å². The predicted octanol–water partition coefficient (Wildman–Crippen LogP) is 3.86. The third-order valence-electron chi connectivity index (χ3n) is 2.50. The number of aryl methyl sites for hydroxylation is 1.